The number of amides is 2. The van der Waals surface area contributed by atoms with E-state index in [1.54, 1.807) is 38.1 Å². The Morgan fingerprint density at radius 2 is 1.89 bits per heavy atom. The third kappa shape index (κ3) is 5.24. The van der Waals surface area contributed by atoms with Gasteiger partial charge in [-0.2, -0.15) is 0 Å². The fourth-order valence-corrected chi connectivity index (χ4v) is 2.59. The molecule has 0 aliphatic rings. The van der Waals surface area contributed by atoms with Crippen molar-refractivity contribution in [3.05, 3.63) is 46.9 Å². The molecule has 1 unspecified atom stereocenters. The zero-order valence-electron chi connectivity index (χ0n) is 15.8. The Labute approximate surface area is 157 Å². The van der Waals surface area contributed by atoms with Gasteiger partial charge in [-0.05, 0) is 38.1 Å². The minimum absolute atomic E-state index is 0.0396. The van der Waals surface area contributed by atoms with Gasteiger partial charge in [0.1, 0.15) is 23.0 Å². The number of rotatable bonds is 8. The number of nitrogens with one attached hydrogen (secondary N) is 2. The van der Waals surface area contributed by atoms with Crippen molar-refractivity contribution in [3.63, 3.8) is 0 Å². The number of carbonyl (C=O) groups is 2. The first-order valence-electron chi connectivity index (χ1n) is 8.37. The van der Waals surface area contributed by atoms with E-state index in [4.69, 9.17) is 13.9 Å². The first-order valence-corrected chi connectivity index (χ1v) is 8.37. The van der Waals surface area contributed by atoms with Crippen molar-refractivity contribution < 1.29 is 28.6 Å². The molecule has 0 saturated heterocycles. The van der Waals surface area contributed by atoms with Gasteiger partial charge in [0, 0.05) is 12.1 Å². The summed E-state index contributed by atoms with van der Waals surface area (Å²) >= 11 is 0. The van der Waals surface area contributed by atoms with E-state index in [1.807, 2.05) is 0 Å². The standard InChI is InChI=1S/C19H24N2O6/c1-11-7-14(12(2)27-11)19(24)21-10-18(23)20-9-16(22)15-8-13(25-3)5-6-17(15)26-4/h5-8,16,22H,9-10H2,1-4H3,(H,20,23)(H,21,24). The average molecular weight is 376 g/mol. The maximum absolute atomic E-state index is 12.1. The van der Waals surface area contributed by atoms with Crippen LogP contribution in [0, 0.1) is 13.8 Å². The highest BCUT2D eigenvalue weighted by molar-refractivity contribution is 5.97. The van der Waals surface area contributed by atoms with Crippen molar-refractivity contribution in [1.29, 1.82) is 0 Å². The van der Waals surface area contributed by atoms with Crippen molar-refractivity contribution in [3.8, 4) is 11.5 Å². The van der Waals surface area contributed by atoms with Gasteiger partial charge in [0.25, 0.3) is 5.91 Å². The number of hydrogen-bond donors (Lipinski definition) is 3. The Morgan fingerprint density at radius 1 is 1.15 bits per heavy atom. The molecule has 0 radical (unpaired) electrons. The summed E-state index contributed by atoms with van der Waals surface area (Å²) in [5, 5.41) is 15.4. The molecule has 1 atom stereocenters. The van der Waals surface area contributed by atoms with E-state index >= 15 is 0 Å². The summed E-state index contributed by atoms with van der Waals surface area (Å²) in [7, 11) is 3.01. The lowest BCUT2D eigenvalue weighted by Gasteiger charge is -2.16. The van der Waals surface area contributed by atoms with Crippen molar-refractivity contribution in [1.82, 2.24) is 10.6 Å². The average Bonchev–Trinajstić information content (AvgIpc) is 3.01. The van der Waals surface area contributed by atoms with Gasteiger partial charge >= 0.3 is 0 Å². The molecule has 2 amide bonds. The molecule has 0 bridgehead atoms. The summed E-state index contributed by atoms with van der Waals surface area (Å²) in [4.78, 5) is 24.0. The van der Waals surface area contributed by atoms with Crippen LogP contribution in [0.2, 0.25) is 0 Å². The molecule has 0 spiro atoms. The number of aryl methyl sites for hydroxylation is 2. The molecule has 146 valence electrons. The molecule has 8 heteroatoms. The Morgan fingerprint density at radius 3 is 2.48 bits per heavy atom. The van der Waals surface area contributed by atoms with Gasteiger partial charge in [-0.15, -0.1) is 0 Å². The molecule has 27 heavy (non-hydrogen) atoms. The van der Waals surface area contributed by atoms with Gasteiger partial charge in [-0.1, -0.05) is 0 Å². The first kappa shape index (κ1) is 20.3. The molecule has 1 aromatic carbocycles. The predicted octanol–water partition coefficient (Wildman–Crippen LogP) is 1.49. The van der Waals surface area contributed by atoms with Gasteiger partial charge in [0.2, 0.25) is 5.91 Å². The number of hydrogen-bond acceptors (Lipinski definition) is 6. The number of furan rings is 1. The lowest BCUT2D eigenvalue weighted by molar-refractivity contribution is -0.120. The number of aliphatic hydroxyl groups excluding tert-OH is 1. The summed E-state index contributed by atoms with van der Waals surface area (Å²) in [6.07, 6.45) is -0.992. The topological polar surface area (TPSA) is 110 Å². The van der Waals surface area contributed by atoms with E-state index in [0.717, 1.165) is 0 Å². The van der Waals surface area contributed by atoms with Crippen LogP contribution in [-0.2, 0) is 4.79 Å². The summed E-state index contributed by atoms with van der Waals surface area (Å²) in [5.74, 6) is 1.34. The first-order chi connectivity index (χ1) is 12.8. The number of ether oxygens (including phenoxy) is 2. The maximum Gasteiger partial charge on any atom is 0.255 e. The van der Waals surface area contributed by atoms with Gasteiger partial charge in [-0.3, -0.25) is 9.59 Å². The number of benzene rings is 1. The van der Waals surface area contributed by atoms with E-state index in [2.05, 4.69) is 10.6 Å². The van der Waals surface area contributed by atoms with Crippen molar-refractivity contribution in [2.45, 2.75) is 20.0 Å². The van der Waals surface area contributed by atoms with E-state index in [1.165, 1.54) is 14.2 Å². The fourth-order valence-electron chi connectivity index (χ4n) is 2.59. The lowest BCUT2D eigenvalue weighted by atomic mass is 10.1. The van der Waals surface area contributed by atoms with Crippen LogP contribution in [-0.4, -0.2) is 44.2 Å². The van der Waals surface area contributed by atoms with Gasteiger partial charge in [0.05, 0.1) is 32.4 Å². The van der Waals surface area contributed by atoms with Crippen molar-refractivity contribution in [2.24, 2.45) is 0 Å². The Kier molecular flexibility index (Phi) is 6.84. The monoisotopic (exact) mass is 376 g/mol. The third-order valence-corrected chi connectivity index (χ3v) is 3.98. The van der Waals surface area contributed by atoms with E-state index in [-0.39, 0.29) is 13.1 Å². The van der Waals surface area contributed by atoms with E-state index in [0.29, 0.717) is 34.1 Å². The highest BCUT2D eigenvalue weighted by Gasteiger charge is 2.17. The van der Waals surface area contributed by atoms with Crippen LogP contribution < -0.4 is 20.1 Å². The van der Waals surface area contributed by atoms with Crippen LogP contribution in [0.5, 0.6) is 11.5 Å². The molecule has 1 heterocycles. The van der Waals surface area contributed by atoms with Crippen molar-refractivity contribution in [2.75, 3.05) is 27.3 Å². The van der Waals surface area contributed by atoms with Crippen LogP contribution in [0.1, 0.15) is 33.5 Å². The van der Waals surface area contributed by atoms with Gasteiger partial charge in [0.15, 0.2) is 0 Å². The normalized spacial score (nSPS) is 11.6. The summed E-state index contributed by atoms with van der Waals surface area (Å²) < 4.78 is 15.7. The van der Waals surface area contributed by atoms with E-state index in [9.17, 15) is 14.7 Å². The summed E-state index contributed by atoms with van der Waals surface area (Å²) in [6.45, 7) is 3.16. The third-order valence-electron chi connectivity index (χ3n) is 3.98. The fraction of sp³-hybridized carbons (Fsp3) is 0.368. The van der Waals surface area contributed by atoms with Crippen LogP contribution >= 0.6 is 0 Å². The number of carbonyl (C=O) groups excluding carboxylic acids is 2. The minimum atomic E-state index is -0.992. The molecule has 2 rings (SSSR count). The van der Waals surface area contributed by atoms with Gasteiger partial charge in [-0.25, -0.2) is 0 Å². The second-order valence-electron chi connectivity index (χ2n) is 5.94. The van der Waals surface area contributed by atoms with Gasteiger partial charge < -0.3 is 29.6 Å². The Balaban J connectivity index is 1.88. The smallest absolute Gasteiger partial charge is 0.255 e. The van der Waals surface area contributed by atoms with Crippen LogP contribution in [0.4, 0.5) is 0 Å². The molecule has 0 saturated carbocycles. The Bertz CT molecular complexity index is 815. The number of aliphatic hydroxyl groups is 1. The molecule has 0 aliphatic carbocycles. The van der Waals surface area contributed by atoms with Crippen LogP contribution in [0.15, 0.2) is 28.7 Å². The Hall–Kier alpha value is -3.00. The molecule has 0 fully saturated rings. The zero-order valence-corrected chi connectivity index (χ0v) is 15.8. The SMILES string of the molecule is COc1ccc(OC)c(C(O)CNC(=O)CNC(=O)c2cc(C)oc2C)c1. The summed E-state index contributed by atoms with van der Waals surface area (Å²) in [6, 6.07) is 6.64. The minimum Gasteiger partial charge on any atom is -0.497 e. The largest absolute Gasteiger partial charge is 0.497 e. The molecule has 3 N–H and O–H groups in total. The second-order valence-corrected chi connectivity index (χ2v) is 5.94. The van der Waals surface area contributed by atoms with Crippen molar-refractivity contribution >= 4 is 11.8 Å². The molecule has 1 aromatic heterocycles. The molecule has 2 aromatic rings. The molecular weight excluding hydrogens is 352 g/mol. The maximum atomic E-state index is 12.1. The zero-order chi connectivity index (χ0) is 20.0. The number of methoxy groups -OCH3 is 2. The molecular formula is C19H24N2O6. The predicted molar refractivity (Wildman–Crippen MR) is 98.0 cm³/mol. The lowest BCUT2D eigenvalue weighted by Crippen LogP contribution is -2.38. The van der Waals surface area contributed by atoms with E-state index < -0.39 is 17.9 Å². The molecule has 0 aliphatic heterocycles. The summed E-state index contributed by atoms with van der Waals surface area (Å²) in [5.41, 5.74) is 0.882. The van der Waals surface area contributed by atoms with Crippen LogP contribution in [0.3, 0.4) is 0 Å². The highest BCUT2D eigenvalue weighted by Crippen LogP contribution is 2.29. The second kappa shape index (κ2) is 9.09. The molecule has 8 nitrogen and oxygen atoms in total. The quantitative estimate of drug-likeness (QED) is 0.644. The van der Waals surface area contributed by atoms with Crippen LogP contribution in [0.25, 0.3) is 0 Å². The highest BCUT2D eigenvalue weighted by atomic mass is 16.5.